The Morgan fingerprint density at radius 1 is 0.421 bits per heavy atom. The number of rotatable bonds is 39. The maximum atomic E-state index is 12.2. The number of hydrogen-bond acceptors (Lipinski definition) is 5. The fourth-order valence-electron chi connectivity index (χ4n) is 5.58. The minimum Gasteiger partial charge on any atom is -0.462 e. The minimum absolute atomic E-state index is 0.0920. The average Bonchev–Trinajstić information content (AvgIpc) is 3.21. The molecule has 0 heterocycles. The zero-order valence-electron chi connectivity index (χ0n) is 36.3. The van der Waals surface area contributed by atoms with Crippen LogP contribution in [0.15, 0.2) is 122 Å². The lowest BCUT2D eigenvalue weighted by molar-refractivity contribution is -0.161. The number of carbonyl (C=O) groups excluding carboxylic acids is 2. The fourth-order valence-corrected chi connectivity index (χ4v) is 5.58. The van der Waals surface area contributed by atoms with Gasteiger partial charge in [0.05, 0.1) is 6.61 Å². The zero-order valence-corrected chi connectivity index (χ0v) is 36.3. The van der Waals surface area contributed by atoms with Crippen LogP contribution in [0.4, 0.5) is 0 Å². The Labute approximate surface area is 350 Å². The molecule has 0 aliphatic rings. The minimum atomic E-state index is -0.800. The number of aliphatic hydroxyl groups excluding tert-OH is 1. The van der Waals surface area contributed by atoms with Gasteiger partial charge in [-0.15, -0.1) is 0 Å². The van der Waals surface area contributed by atoms with E-state index >= 15 is 0 Å². The van der Waals surface area contributed by atoms with E-state index in [9.17, 15) is 14.7 Å². The Bertz CT molecular complexity index is 1210. The van der Waals surface area contributed by atoms with Gasteiger partial charge in [0.15, 0.2) is 6.10 Å². The summed E-state index contributed by atoms with van der Waals surface area (Å²) in [6.07, 6.45) is 68.4. The van der Waals surface area contributed by atoms with Crippen LogP contribution in [0.2, 0.25) is 0 Å². The average molecular weight is 787 g/mol. The van der Waals surface area contributed by atoms with E-state index in [0.717, 1.165) is 122 Å². The Morgan fingerprint density at radius 2 is 0.754 bits per heavy atom. The third-order valence-electron chi connectivity index (χ3n) is 8.99. The van der Waals surface area contributed by atoms with Gasteiger partial charge in [0.2, 0.25) is 0 Å². The van der Waals surface area contributed by atoms with Crippen LogP contribution < -0.4 is 0 Å². The second kappa shape index (κ2) is 46.7. The van der Waals surface area contributed by atoms with Crippen LogP contribution in [0.5, 0.6) is 0 Å². The summed E-state index contributed by atoms with van der Waals surface area (Å²) < 4.78 is 10.6. The first-order valence-corrected chi connectivity index (χ1v) is 22.6. The molecule has 0 aromatic rings. The number of unbranched alkanes of at least 4 members (excludes halogenated alkanes) is 11. The normalized spacial score (nSPS) is 13.4. The maximum Gasteiger partial charge on any atom is 0.306 e. The van der Waals surface area contributed by atoms with Crippen molar-refractivity contribution in [2.24, 2.45) is 0 Å². The van der Waals surface area contributed by atoms with E-state index in [2.05, 4.69) is 135 Å². The van der Waals surface area contributed by atoms with Gasteiger partial charge in [-0.05, 0) is 103 Å². The first-order valence-electron chi connectivity index (χ1n) is 22.6. The van der Waals surface area contributed by atoms with Crippen molar-refractivity contribution in [1.82, 2.24) is 0 Å². The van der Waals surface area contributed by atoms with Crippen LogP contribution in [0, 0.1) is 0 Å². The van der Waals surface area contributed by atoms with Crippen LogP contribution in [-0.2, 0) is 19.1 Å². The molecule has 0 aromatic carbocycles. The van der Waals surface area contributed by atoms with Gasteiger partial charge in [-0.25, -0.2) is 0 Å². The first-order chi connectivity index (χ1) is 28.1. The summed E-state index contributed by atoms with van der Waals surface area (Å²) in [5, 5.41) is 9.58. The van der Waals surface area contributed by atoms with Crippen LogP contribution in [0.3, 0.4) is 0 Å². The van der Waals surface area contributed by atoms with Crippen molar-refractivity contribution < 1.29 is 24.2 Å². The number of esters is 2. The zero-order chi connectivity index (χ0) is 41.4. The van der Waals surface area contributed by atoms with E-state index in [1.807, 2.05) is 0 Å². The van der Waals surface area contributed by atoms with Crippen molar-refractivity contribution in [1.29, 1.82) is 0 Å². The van der Waals surface area contributed by atoms with Crippen molar-refractivity contribution in [2.45, 2.75) is 180 Å². The molecule has 0 rings (SSSR count). The first kappa shape index (κ1) is 53.3. The van der Waals surface area contributed by atoms with Crippen molar-refractivity contribution >= 4 is 11.9 Å². The lowest BCUT2D eigenvalue weighted by atomic mass is 10.1. The summed E-state index contributed by atoms with van der Waals surface area (Å²) in [6, 6.07) is 0. The standard InChI is InChI=1S/C52H82O5/c1-3-5-7-9-11-13-15-17-19-20-21-22-23-24-25-26-27-28-29-30-31-32-33-35-37-39-41-43-45-47-52(55)57-50(48-53)49-56-51(54)46-44-42-40-38-36-34-18-16-14-12-10-8-6-4-2/h5,7,10-13,16-19,21-22,24-25,27-28,30-31,33,35,50,53H,3-4,6,8-9,14-15,20,23,26,29,32,34,36-49H2,1-2H3/b7-5-,12-10-,13-11-,18-16-,19-17-,22-21-,25-24-,28-27-,31-30-,35-33-. The summed E-state index contributed by atoms with van der Waals surface area (Å²) in [5.41, 5.74) is 0. The van der Waals surface area contributed by atoms with Gasteiger partial charge in [0, 0.05) is 12.8 Å². The van der Waals surface area contributed by atoms with E-state index in [4.69, 9.17) is 9.47 Å². The van der Waals surface area contributed by atoms with Crippen LogP contribution in [-0.4, -0.2) is 36.4 Å². The molecule has 0 spiro atoms. The van der Waals surface area contributed by atoms with E-state index in [-0.39, 0.29) is 25.2 Å². The summed E-state index contributed by atoms with van der Waals surface area (Å²) in [4.78, 5) is 24.3. The van der Waals surface area contributed by atoms with E-state index in [1.165, 1.54) is 25.7 Å². The smallest absolute Gasteiger partial charge is 0.306 e. The Morgan fingerprint density at radius 3 is 1.14 bits per heavy atom. The summed E-state index contributed by atoms with van der Waals surface area (Å²) >= 11 is 0. The predicted molar refractivity (Wildman–Crippen MR) is 246 cm³/mol. The predicted octanol–water partition coefficient (Wildman–Crippen LogP) is 14.8. The van der Waals surface area contributed by atoms with Gasteiger partial charge >= 0.3 is 11.9 Å². The highest BCUT2D eigenvalue weighted by Gasteiger charge is 2.16. The molecular formula is C52H82O5. The number of carbonyl (C=O) groups is 2. The molecule has 0 saturated heterocycles. The molecule has 0 saturated carbocycles. The second-order valence-electron chi connectivity index (χ2n) is 14.4. The van der Waals surface area contributed by atoms with E-state index in [0.29, 0.717) is 12.8 Å². The quantitative estimate of drug-likeness (QED) is 0.0382. The van der Waals surface area contributed by atoms with E-state index < -0.39 is 6.10 Å². The van der Waals surface area contributed by atoms with Gasteiger partial charge in [0.25, 0.3) is 0 Å². The molecule has 0 radical (unpaired) electrons. The van der Waals surface area contributed by atoms with Crippen molar-refractivity contribution in [3.8, 4) is 0 Å². The summed E-state index contributed by atoms with van der Waals surface area (Å²) in [7, 11) is 0. The third kappa shape index (κ3) is 44.9. The van der Waals surface area contributed by atoms with Crippen LogP contribution in [0.25, 0.3) is 0 Å². The lowest BCUT2D eigenvalue weighted by Crippen LogP contribution is -2.28. The monoisotopic (exact) mass is 787 g/mol. The maximum absolute atomic E-state index is 12.2. The Balaban J connectivity index is 3.69. The second-order valence-corrected chi connectivity index (χ2v) is 14.4. The van der Waals surface area contributed by atoms with Crippen LogP contribution in [0.1, 0.15) is 174 Å². The van der Waals surface area contributed by atoms with E-state index in [1.54, 1.807) is 0 Å². The molecule has 320 valence electrons. The molecule has 0 aliphatic carbocycles. The van der Waals surface area contributed by atoms with Gasteiger partial charge in [-0.2, -0.15) is 0 Å². The summed E-state index contributed by atoms with van der Waals surface area (Å²) in [5.74, 6) is -0.649. The van der Waals surface area contributed by atoms with Gasteiger partial charge in [0.1, 0.15) is 6.61 Å². The molecule has 0 bridgehead atoms. The molecule has 0 fully saturated rings. The molecule has 0 amide bonds. The number of aliphatic hydroxyl groups is 1. The fraction of sp³-hybridized carbons (Fsp3) is 0.577. The molecule has 0 aliphatic heterocycles. The summed E-state index contributed by atoms with van der Waals surface area (Å²) in [6.45, 7) is 3.93. The highest BCUT2D eigenvalue weighted by atomic mass is 16.6. The SMILES string of the molecule is CC/C=C\C/C=C\C/C=C\C/C=C\C/C=C\C/C=C\C/C=C\C/C=C\CCCCCCC(=O)OC(CO)COC(=O)CCCCCCC/C=C\C/C=C\CCCC. The Kier molecular flexibility index (Phi) is 43.7. The van der Waals surface area contributed by atoms with Crippen molar-refractivity contribution in [2.75, 3.05) is 13.2 Å². The highest BCUT2D eigenvalue weighted by Crippen LogP contribution is 2.11. The molecular weight excluding hydrogens is 705 g/mol. The van der Waals surface area contributed by atoms with Crippen LogP contribution >= 0.6 is 0 Å². The van der Waals surface area contributed by atoms with Gasteiger partial charge in [-0.3, -0.25) is 9.59 Å². The largest absolute Gasteiger partial charge is 0.462 e. The molecule has 0 aromatic heterocycles. The molecule has 1 atom stereocenters. The third-order valence-corrected chi connectivity index (χ3v) is 8.99. The number of hydrogen-bond donors (Lipinski definition) is 1. The molecule has 5 nitrogen and oxygen atoms in total. The Hall–Kier alpha value is -3.70. The molecule has 1 unspecified atom stereocenters. The molecule has 1 N–H and O–H groups in total. The topological polar surface area (TPSA) is 72.8 Å². The number of allylic oxidation sites excluding steroid dienone is 20. The van der Waals surface area contributed by atoms with Crippen molar-refractivity contribution in [3.05, 3.63) is 122 Å². The molecule has 5 heteroatoms. The number of ether oxygens (including phenoxy) is 2. The van der Waals surface area contributed by atoms with Gasteiger partial charge < -0.3 is 14.6 Å². The van der Waals surface area contributed by atoms with Crippen molar-refractivity contribution in [3.63, 3.8) is 0 Å². The highest BCUT2D eigenvalue weighted by molar-refractivity contribution is 5.70. The lowest BCUT2D eigenvalue weighted by Gasteiger charge is -2.15. The van der Waals surface area contributed by atoms with Gasteiger partial charge in [-0.1, -0.05) is 180 Å². The molecule has 57 heavy (non-hydrogen) atoms.